The Morgan fingerprint density at radius 3 is 2.59 bits per heavy atom. The quantitative estimate of drug-likeness (QED) is 0.661. The van der Waals surface area contributed by atoms with Crippen molar-refractivity contribution in [1.29, 1.82) is 0 Å². The largest absolute Gasteiger partial charge is 0.496 e. The first-order chi connectivity index (χ1) is 13.6. The minimum Gasteiger partial charge on any atom is -0.496 e. The van der Waals surface area contributed by atoms with Crippen LogP contribution in [0.25, 0.3) is 0 Å². The summed E-state index contributed by atoms with van der Waals surface area (Å²) in [6.45, 7) is 1.87. The second-order valence-corrected chi connectivity index (χ2v) is 11.5. The van der Waals surface area contributed by atoms with Gasteiger partial charge in [-0.05, 0) is 55.3 Å². The van der Waals surface area contributed by atoms with Gasteiger partial charge in [0, 0.05) is 6.04 Å². The molecular weight excluding hydrogens is 417 g/mol. The average Bonchev–Trinajstić information content (AvgIpc) is 2.99. The molecule has 2 aromatic rings. The number of ether oxygens (including phenoxy) is 1. The van der Waals surface area contributed by atoms with E-state index in [2.05, 4.69) is 5.32 Å². The molecule has 0 radical (unpaired) electrons. The number of halogens is 1. The predicted octanol–water partition coefficient (Wildman–Crippen LogP) is 1.91. The van der Waals surface area contributed by atoms with Gasteiger partial charge >= 0.3 is 0 Å². The van der Waals surface area contributed by atoms with E-state index in [1.807, 2.05) is 24.3 Å². The van der Waals surface area contributed by atoms with E-state index in [0.29, 0.717) is 13.0 Å². The van der Waals surface area contributed by atoms with Crippen LogP contribution in [0.4, 0.5) is 4.39 Å². The molecule has 1 saturated heterocycles. The van der Waals surface area contributed by atoms with E-state index in [9.17, 15) is 21.2 Å². The molecule has 29 heavy (non-hydrogen) atoms. The lowest BCUT2D eigenvalue weighted by molar-refractivity contribution is 0.408. The normalized spacial score (nSPS) is 21.2. The maximum absolute atomic E-state index is 13.5. The molecule has 0 aliphatic carbocycles. The van der Waals surface area contributed by atoms with Crippen molar-refractivity contribution in [3.8, 4) is 5.75 Å². The highest BCUT2D eigenvalue weighted by atomic mass is 32.2. The summed E-state index contributed by atoms with van der Waals surface area (Å²) in [7, 11) is -5.87. The summed E-state index contributed by atoms with van der Waals surface area (Å²) in [5, 5.41) is 1.99. The van der Waals surface area contributed by atoms with Crippen molar-refractivity contribution in [1.82, 2.24) is 5.32 Å². The Kier molecular flexibility index (Phi) is 6.30. The zero-order chi connectivity index (χ0) is 21.2. The number of rotatable bonds is 7. The first kappa shape index (κ1) is 21.7. The van der Waals surface area contributed by atoms with Gasteiger partial charge in [0.15, 0.2) is 19.7 Å². The molecule has 2 atom stereocenters. The highest BCUT2D eigenvalue weighted by Gasteiger charge is 2.45. The van der Waals surface area contributed by atoms with E-state index in [1.54, 1.807) is 7.11 Å². The Hall–Kier alpha value is -1.97. The zero-order valence-electron chi connectivity index (χ0n) is 16.3. The Balaban J connectivity index is 1.79. The molecule has 0 aromatic heterocycles. The number of aryl methyl sites for hydroxylation is 1. The van der Waals surface area contributed by atoms with Gasteiger partial charge in [0.05, 0.1) is 28.8 Å². The molecule has 0 bridgehead atoms. The molecule has 1 heterocycles. The van der Waals surface area contributed by atoms with Gasteiger partial charge in [0.25, 0.3) is 0 Å². The van der Waals surface area contributed by atoms with E-state index >= 15 is 0 Å². The number of methoxy groups -OCH3 is 1. The molecule has 0 saturated carbocycles. The SMILES string of the molecule is COc1ccccc1CCNC1CS(=O)(=O)CC1S(=O)(=O)c1ccc(F)c(C)c1. The van der Waals surface area contributed by atoms with Crippen LogP contribution in [0.1, 0.15) is 11.1 Å². The van der Waals surface area contributed by atoms with Crippen molar-refractivity contribution in [3.05, 3.63) is 59.4 Å². The number of hydrogen-bond donors (Lipinski definition) is 1. The van der Waals surface area contributed by atoms with Gasteiger partial charge in [0.1, 0.15) is 11.6 Å². The molecule has 0 amide bonds. The zero-order valence-corrected chi connectivity index (χ0v) is 17.9. The average molecular weight is 442 g/mol. The van der Waals surface area contributed by atoms with Crippen molar-refractivity contribution in [2.45, 2.75) is 29.5 Å². The van der Waals surface area contributed by atoms with Crippen LogP contribution < -0.4 is 10.1 Å². The molecule has 158 valence electrons. The summed E-state index contributed by atoms with van der Waals surface area (Å²) in [5.41, 5.74) is 1.14. The minimum absolute atomic E-state index is 0.0602. The fourth-order valence-corrected chi connectivity index (χ4v) is 8.38. The summed E-state index contributed by atoms with van der Waals surface area (Å²) >= 11 is 0. The van der Waals surface area contributed by atoms with Crippen molar-refractivity contribution < 1.29 is 26.0 Å². The Morgan fingerprint density at radius 2 is 1.90 bits per heavy atom. The van der Waals surface area contributed by atoms with Gasteiger partial charge < -0.3 is 10.1 Å². The summed E-state index contributed by atoms with van der Waals surface area (Å²) in [6.07, 6.45) is 0.559. The van der Waals surface area contributed by atoms with Crippen LogP contribution in [0, 0.1) is 12.7 Å². The first-order valence-electron chi connectivity index (χ1n) is 9.20. The summed E-state index contributed by atoms with van der Waals surface area (Å²) in [4.78, 5) is -0.0602. The first-order valence-corrected chi connectivity index (χ1v) is 12.6. The number of para-hydroxylation sites is 1. The molecule has 1 fully saturated rings. The second kappa shape index (κ2) is 8.41. The van der Waals surface area contributed by atoms with E-state index in [0.717, 1.165) is 17.4 Å². The van der Waals surface area contributed by atoms with E-state index < -0.39 is 42.5 Å². The Bertz CT molecular complexity index is 1100. The molecule has 2 unspecified atom stereocenters. The molecule has 1 N–H and O–H groups in total. The number of sulfone groups is 2. The molecule has 3 rings (SSSR count). The molecule has 1 aliphatic rings. The Morgan fingerprint density at radius 1 is 1.17 bits per heavy atom. The maximum Gasteiger partial charge on any atom is 0.183 e. The second-order valence-electron chi connectivity index (χ2n) is 7.19. The van der Waals surface area contributed by atoms with Gasteiger partial charge in [-0.1, -0.05) is 18.2 Å². The number of nitrogens with one attached hydrogen (secondary N) is 1. The third-order valence-corrected chi connectivity index (χ3v) is 9.30. The maximum atomic E-state index is 13.5. The van der Waals surface area contributed by atoms with Crippen LogP contribution in [0.5, 0.6) is 5.75 Å². The fraction of sp³-hybridized carbons (Fsp3) is 0.400. The number of hydrogen-bond acceptors (Lipinski definition) is 6. The van der Waals surface area contributed by atoms with Gasteiger partial charge in [-0.2, -0.15) is 0 Å². The standard InChI is InChI=1S/C20H24FNO5S2/c1-14-11-16(7-8-17(14)21)29(25,26)20-13-28(23,24)12-18(20)22-10-9-15-5-3-4-6-19(15)27-2/h3-8,11,18,20,22H,9-10,12-13H2,1-2H3. The van der Waals surface area contributed by atoms with Gasteiger partial charge in [-0.3, -0.25) is 0 Å². The molecule has 0 spiro atoms. The van der Waals surface area contributed by atoms with Crippen molar-refractivity contribution in [2.24, 2.45) is 0 Å². The van der Waals surface area contributed by atoms with Gasteiger partial charge in [0.2, 0.25) is 0 Å². The van der Waals surface area contributed by atoms with Crippen molar-refractivity contribution >= 4 is 19.7 Å². The van der Waals surface area contributed by atoms with Crippen LogP contribution in [0.2, 0.25) is 0 Å². The van der Waals surface area contributed by atoms with Crippen LogP contribution in [0.3, 0.4) is 0 Å². The number of benzene rings is 2. The summed E-state index contributed by atoms with van der Waals surface area (Å²) < 4.78 is 69.4. The predicted molar refractivity (Wildman–Crippen MR) is 109 cm³/mol. The van der Waals surface area contributed by atoms with Crippen LogP contribution >= 0.6 is 0 Å². The van der Waals surface area contributed by atoms with Crippen LogP contribution in [-0.2, 0) is 26.1 Å². The Labute approximate surface area is 170 Å². The highest BCUT2D eigenvalue weighted by Crippen LogP contribution is 2.27. The lowest BCUT2D eigenvalue weighted by Gasteiger charge is -2.20. The van der Waals surface area contributed by atoms with E-state index in [-0.39, 0.29) is 16.2 Å². The topological polar surface area (TPSA) is 89.5 Å². The molecule has 2 aromatic carbocycles. The third-order valence-electron chi connectivity index (χ3n) is 5.15. The molecule has 6 nitrogen and oxygen atoms in total. The monoisotopic (exact) mass is 441 g/mol. The van der Waals surface area contributed by atoms with Crippen molar-refractivity contribution in [2.75, 3.05) is 25.2 Å². The van der Waals surface area contributed by atoms with Gasteiger partial charge in [-0.25, -0.2) is 21.2 Å². The summed E-state index contributed by atoms with van der Waals surface area (Å²) in [5.74, 6) is -0.477. The molecular formula is C20H24FNO5S2. The fourth-order valence-electron chi connectivity index (χ4n) is 3.58. The smallest absolute Gasteiger partial charge is 0.183 e. The lowest BCUT2D eigenvalue weighted by atomic mass is 10.1. The molecule has 9 heteroatoms. The van der Waals surface area contributed by atoms with Gasteiger partial charge in [-0.15, -0.1) is 0 Å². The third kappa shape index (κ3) is 4.79. The highest BCUT2D eigenvalue weighted by molar-refractivity contribution is 7.96. The van der Waals surface area contributed by atoms with E-state index in [1.165, 1.54) is 19.1 Å². The summed E-state index contributed by atoms with van der Waals surface area (Å²) in [6, 6.07) is 10.3. The molecule has 1 aliphatic heterocycles. The van der Waals surface area contributed by atoms with Crippen LogP contribution in [-0.4, -0.2) is 53.3 Å². The van der Waals surface area contributed by atoms with Crippen LogP contribution in [0.15, 0.2) is 47.4 Å². The van der Waals surface area contributed by atoms with E-state index in [4.69, 9.17) is 4.74 Å². The minimum atomic E-state index is -3.94. The lowest BCUT2D eigenvalue weighted by Crippen LogP contribution is -2.44. The van der Waals surface area contributed by atoms with Crippen molar-refractivity contribution in [3.63, 3.8) is 0 Å².